The van der Waals surface area contributed by atoms with E-state index in [0.717, 1.165) is 26.2 Å². The lowest BCUT2D eigenvalue weighted by Crippen LogP contribution is -2.48. The van der Waals surface area contributed by atoms with Crippen molar-refractivity contribution in [2.24, 2.45) is 0 Å². The molecule has 1 fully saturated rings. The molecule has 142 valence electrons. The van der Waals surface area contributed by atoms with Crippen LogP contribution in [-0.4, -0.2) is 55.0 Å². The molecular weight excluding hydrogens is 368 g/mol. The number of nitro groups is 1. The van der Waals surface area contributed by atoms with Gasteiger partial charge in [0.15, 0.2) is 0 Å². The molecule has 2 aromatic rings. The summed E-state index contributed by atoms with van der Waals surface area (Å²) >= 11 is 5.78. The van der Waals surface area contributed by atoms with Gasteiger partial charge in [-0.1, -0.05) is 29.8 Å². The number of para-hydroxylation sites is 1. The van der Waals surface area contributed by atoms with Crippen LogP contribution in [0.4, 0.5) is 11.4 Å². The summed E-state index contributed by atoms with van der Waals surface area (Å²) in [6.07, 6.45) is 0. The number of nitrogens with one attached hydrogen (secondary N) is 1. The van der Waals surface area contributed by atoms with Gasteiger partial charge < -0.3 is 10.2 Å². The van der Waals surface area contributed by atoms with Crippen LogP contribution in [0.5, 0.6) is 0 Å². The van der Waals surface area contributed by atoms with Crippen molar-refractivity contribution in [3.63, 3.8) is 0 Å². The Labute approximate surface area is 162 Å². The van der Waals surface area contributed by atoms with Gasteiger partial charge in [0.2, 0.25) is 0 Å². The summed E-state index contributed by atoms with van der Waals surface area (Å²) in [5.41, 5.74) is 0.968. The van der Waals surface area contributed by atoms with Crippen molar-refractivity contribution in [1.82, 2.24) is 10.2 Å². The minimum Gasteiger partial charge on any atom is -0.369 e. The van der Waals surface area contributed by atoms with E-state index in [2.05, 4.69) is 27.2 Å². The van der Waals surface area contributed by atoms with Gasteiger partial charge >= 0.3 is 0 Å². The predicted molar refractivity (Wildman–Crippen MR) is 106 cm³/mol. The molecular formula is C19H21ClN4O3. The number of amides is 1. The van der Waals surface area contributed by atoms with E-state index in [4.69, 9.17) is 11.6 Å². The second kappa shape index (κ2) is 8.83. The van der Waals surface area contributed by atoms with Crippen LogP contribution in [0.15, 0.2) is 48.5 Å². The number of piperazine rings is 1. The van der Waals surface area contributed by atoms with Gasteiger partial charge in [0, 0.05) is 56.0 Å². The van der Waals surface area contributed by atoms with E-state index in [0.29, 0.717) is 13.1 Å². The first-order chi connectivity index (χ1) is 13.0. The topological polar surface area (TPSA) is 78.7 Å². The SMILES string of the molecule is O=C(NCCN1CCN(c2ccccc2)CC1)c1ccc(Cl)cc1[N+](=O)[O-]. The number of nitrogens with zero attached hydrogens (tertiary/aromatic N) is 3. The van der Waals surface area contributed by atoms with Gasteiger partial charge in [-0.25, -0.2) is 0 Å². The van der Waals surface area contributed by atoms with Gasteiger partial charge in [-0.2, -0.15) is 0 Å². The monoisotopic (exact) mass is 388 g/mol. The average Bonchev–Trinajstić information content (AvgIpc) is 2.69. The molecule has 0 aliphatic carbocycles. The van der Waals surface area contributed by atoms with Crippen LogP contribution in [0, 0.1) is 10.1 Å². The maximum absolute atomic E-state index is 12.3. The van der Waals surface area contributed by atoms with Crippen molar-refractivity contribution >= 4 is 28.9 Å². The summed E-state index contributed by atoms with van der Waals surface area (Å²) in [5, 5.41) is 14.1. The van der Waals surface area contributed by atoms with E-state index in [1.165, 1.54) is 23.9 Å². The Morgan fingerprint density at radius 3 is 2.48 bits per heavy atom. The third-order valence-corrected chi connectivity index (χ3v) is 4.84. The normalized spacial score (nSPS) is 14.8. The first-order valence-corrected chi connectivity index (χ1v) is 9.17. The lowest BCUT2D eigenvalue weighted by molar-refractivity contribution is -0.385. The fraction of sp³-hybridized carbons (Fsp3) is 0.316. The molecule has 0 bridgehead atoms. The highest BCUT2D eigenvalue weighted by atomic mass is 35.5. The Balaban J connectivity index is 1.47. The number of anilines is 1. The maximum atomic E-state index is 12.3. The summed E-state index contributed by atoms with van der Waals surface area (Å²) in [6, 6.07) is 14.3. The molecule has 1 aliphatic rings. The largest absolute Gasteiger partial charge is 0.369 e. The van der Waals surface area contributed by atoms with Crippen molar-refractivity contribution < 1.29 is 9.72 Å². The van der Waals surface area contributed by atoms with Crippen molar-refractivity contribution in [3.05, 3.63) is 69.2 Å². The molecule has 1 heterocycles. The summed E-state index contributed by atoms with van der Waals surface area (Å²) in [4.78, 5) is 27.4. The van der Waals surface area contributed by atoms with E-state index in [1.54, 1.807) is 0 Å². The molecule has 2 aromatic carbocycles. The van der Waals surface area contributed by atoms with E-state index in [9.17, 15) is 14.9 Å². The Morgan fingerprint density at radius 2 is 1.81 bits per heavy atom. The highest BCUT2D eigenvalue weighted by molar-refractivity contribution is 6.31. The highest BCUT2D eigenvalue weighted by Crippen LogP contribution is 2.23. The molecule has 0 radical (unpaired) electrons. The number of hydrogen-bond donors (Lipinski definition) is 1. The van der Waals surface area contributed by atoms with Gasteiger partial charge in [0.05, 0.1) is 4.92 Å². The number of halogens is 1. The molecule has 1 aliphatic heterocycles. The quantitative estimate of drug-likeness (QED) is 0.608. The highest BCUT2D eigenvalue weighted by Gasteiger charge is 2.21. The molecule has 8 heteroatoms. The van der Waals surface area contributed by atoms with Gasteiger partial charge in [0.25, 0.3) is 11.6 Å². The molecule has 1 saturated heterocycles. The summed E-state index contributed by atoms with van der Waals surface area (Å²) in [6.45, 7) is 4.82. The Hall–Kier alpha value is -2.64. The van der Waals surface area contributed by atoms with Crippen molar-refractivity contribution in [3.8, 4) is 0 Å². The molecule has 0 spiro atoms. The van der Waals surface area contributed by atoms with Crippen molar-refractivity contribution in [1.29, 1.82) is 0 Å². The lowest BCUT2D eigenvalue weighted by Gasteiger charge is -2.36. The molecule has 7 nitrogen and oxygen atoms in total. The van der Waals surface area contributed by atoms with Crippen LogP contribution in [0.3, 0.4) is 0 Å². The Morgan fingerprint density at radius 1 is 1.11 bits per heavy atom. The van der Waals surface area contributed by atoms with Crippen molar-refractivity contribution in [2.45, 2.75) is 0 Å². The van der Waals surface area contributed by atoms with Crippen LogP contribution in [-0.2, 0) is 0 Å². The van der Waals surface area contributed by atoms with Crippen LogP contribution in [0.1, 0.15) is 10.4 Å². The Kier molecular flexibility index (Phi) is 6.26. The van der Waals surface area contributed by atoms with Crippen molar-refractivity contribution in [2.75, 3.05) is 44.2 Å². The van der Waals surface area contributed by atoms with Crippen LogP contribution < -0.4 is 10.2 Å². The molecule has 0 atom stereocenters. The number of rotatable bonds is 6. The molecule has 0 saturated carbocycles. The molecule has 27 heavy (non-hydrogen) atoms. The van der Waals surface area contributed by atoms with E-state index in [1.807, 2.05) is 18.2 Å². The predicted octanol–water partition coefficient (Wildman–Crippen LogP) is 2.80. The second-order valence-electron chi connectivity index (χ2n) is 6.34. The third kappa shape index (κ3) is 4.96. The number of carbonyl (C=O) groups is 1. The van der Waals surface area contributed by atoms with E-state index in [-0.39, 0.29) is 16.3 Å². The molecule has 3 rings (SSSR count). The fourth-order valence-electron chi connectivity index (χ4n) is 3.14. The zero-order valence-electron chi connectivity index (χ0n) is 14.8. The summed E-state index contributed by atoms with van der Waals surface area (Å²) in [7, 11) is 0. The minimum absolute atomic E-state index is 0.0262. The minimum atomic E-state index is -0.594. The molecule has 0 unspecified atom stereocenters. The van der Waals surface area contributed by atoms with Crippen LogP contribution >= 0.6 is 11.6 Å². The first kappa shape index (κ1) is 19.1. The van der Waals surface area contributed by atoms with Gasteiger partial charge in [-0.3, -0.25) is 19.8 Å². The van der Waals surface area contributed by atoms with E-state index >= 15 is 0 Å². The summed E-state index contributed by atoms with van der Waals surface area (Å²) in [5.74, 6) is -0.457. The first-order valence-electron chi connectivity index (χ1n) is 8.79. The molecule has 0 aromatic heterocycles. The average molecular weight is 389 g/mol. The van der Waals surface area contributed by atoms with Crippen LogP contribution in [0.25, 0.3) is 0 Å². The van der Waals surface area contributed by atoms with E-state index < -0.39 is 10.8 Å². The van der Waals surface area contributed by atoms with Crippen LogP contribution in [0.2, 0.25) is 5.02 Å². The zero-order valence-corrected chi connectivity index (χ0v) is 15.6. The number of benzene rings is 2. The number of nitro benzene ring substituents is 1. The Bertz CT molecular complexity index is 808. The second-order valence-corrected chi connectivity index (χ2v) is 6.78. The number of carbonyl (C=O) groups excluding carboxylic acids is 1. The molecule has 1 N–H and O–H groups in total. The standard InChI is InChI=1S/C19H21ClN4O3/c20-15-6-7-17(18(14-15)24(26)27)19(25)21-8-9-22-10-12-23(13-11-22)16-4-2-1-3-5-16/h1-7,14H,8-13H2,(H,21,25). The van der Waals surface area contributed by atoms with Gasteiger partial charge in [-0.05, 0) is 24.3 Å². The fourth-order valence-corrected chi connectivity index (χ4v) is 3.31. The van der Waals surface area contributed by atoms with Gasteiger partial charge in [0.1, 0.15) is 5.56 Å². The smallest absolute Gasteiger partial charge is 0.283 e. The summed E-state index contributed by atoms with van der Waals surface area (Å²) < 4.78 is 0. The lowest BCUT2D eigenvalue weighted by atomic mass is 10.1. The number of hydrogen-bond acceptors (Lipinski definition) is 5. The van der Waals surface area contributed by atoms with Gasteiger partial charge in [-0.15, -0.1) is 0 Å². The molecule has 1 amide bonds. The zero-order chi connectivity index (χ0) is 19.2. The maximum Gasteiger partial charge on any atom is 0.283 e. The third-order valence-electron chi connectivity index (χ3n) is 4.61.